The number of anilines is 2. The molecular formula is C29H37F4N5O5. The highest BCUT2D eigenvalue weighted by atomic mass is 19.4. The number of hydrogen-bond acceptors (Lipinski definition) is 9. The quantitative estimate of drug-likeness (QED) is 0.331. The van der Waals surface area contributed by atoms with E-state index in [0.717, 1.165) is 64.3 Å². The van der Waals surface area contributed by atoms with Crippen molar-refractivity contribution in [3.05, 3.63) is 53.5 Å². The molecule has 2 aromatic rings. The van der Waals surface area contributed by atoms with Gasteiger partial charge in [0.15, 0.2) is 11.6 Å². The minimum Gasteiger partial charge on any atom is -0.478 e. The summed E-state index contributed by atoms with van der Waals surface area (Å²) in [5.41, 5.74) is 0.0503. The molecule has 0 aliphatic carbocycles. The molecule has 3 aliphatic rings. The number of hydrogen-bond donors (Lipinski definition) is 4. The van der Waals surface area contributed by atoms with Crippen LogP contribution in [-0.4, -0.2) is 119 Å². The number of piperidine rings is 1. The predicted molar refractivity (Wildman–Crippen MR) is 150 cm³/mol. The number of aromatic carboxylic acids is 1. The molecule has 3 aliphatic heterocycles. The van der Waals surface area contributed by atoms with E-state index in [0.29, 0.717) is 24.6 Å². The lowest BCUT2D eigenvalue weighted by molar-refractivity contribution is -0.148. The van der Waals surface area contributed by atoms with E-state index in [-0.39, 0.29) is 12.2 Å². The zero-order valence-electron chi connectivity index (χ0n) is 23.6. The fraction of sp³-hybridized carbons (Fsp3) is 0.586. The monoisotopic (exact) mass is 611 g/mol. The summed E-state index contributed by atoms with van der Waals surface area (Å²) in [6, 6.07) is 7.14. The Bertz CT molecular complexity index is 1240. The number of pyridine rings is 1. The largest absolute Gasteiger partial charge is 0.478 e. The van der Waals surface area contributed by atoms with Crippen LogP contribution in [0.2, 0.25) is 0 Å². The summed E-state index contributed by atoms with van der Waals surface area (Å²) in [5, 5.41) is 32.9. The number of alkyl halides is 3. The summed E-state index contributed by atoms with van der Waals surface area (Å²) in [6.45, 7) is 6.31. The van der Waals surface area contributed by atoms with Gasteiger partial charge in [-0.3, -0.25) is 4.90 Å². The van der Waals surface area contributed by atoms with Gasteiger partial charge < -0.3 is 35.2 Å². The Morgan fingerprint density at radius 1 is 0.930 bits per heavy atom. The van der Waals surface area contributed by atoms with E-state index in [1.54, 1.807) is 12.1 Å². The lowest BCUT2D eigenvalue weighted by atomic mass is 9.95. The molecule has 236 valence electrons. The van der Waals surface area contributed by atoms with E-state index in [9.17, 15) is 32.6 Å². The molecule has 1 aromatic carbocycles. The minimum absolute atomic E-state index is 0.136. The van der Waals surface area contributed by atoms with Crippen LogP contribution in [0.4, 0.5) is 29.1 Å². The van der Waals surface area contributed by atoms with Crippen molar-refractivity contribution in [2.24, 2.45) is 5.92 Å². The average molecular weight is 612 g/mol. The molecule has 0 spiro atoms. The van der Waals surface area contributed by atoms with E-state index in [4.69, 9.17) is 9.84 Å². The molecule has 4 heterocycles. The number of rotatable bonds is 8. The summed E-state index contributed by atoms with van der Waals surface area (Å²) in [5.74, 6) is -2.03. The first-order valence-corrected chi connectivity index (χ1v) is 14.5. The van der Waals surface area contributed by atoms with Crippen LogP contribution in [0.15, 0.2) is 36.4 Å². The van der Waals surface area contributed by atoms with Crippen LogP contribution in [-0.2, 0) is 10.9 Å². The van der Waals surface area contributed by atoms with Gasteiger partial charge in [0.2, 0.25) is 0 Å². The number of carbonyl (C=O) groups is 1. The van der Waals surface area contributed by atoms with Gasteiger partial charge in [-0.2, -0.15) is 13.2 Å². The third kappa shape index (κ3) is 7.73. The maximum Gasteiger partial charge on any atom is 0.433 e. The maximum atomic E-state index is 14.1. The number of carboxylic acid groups (broad SMARTS) is 1. The number of aliphatic hydroxyl groups is 2. The molecule has 43 heavy (non-hydrogen) atoms. The molecular weight excluding hydrogens is 574 g/mol. The Balaban J connectivity index is 1.04. The standard InChI is InChI=1S/C29H37F4N5O5/c30-21-5-6-24(29(31,32)33)35-27(21)34-22-17-43-23(26(40)25(22)39)16-37-13-11-36(12-14-37)15-18-7-9-38(10-8-18)20-3-1-19(2-4-20)28(41)42/h1-6,18,22-23,25-26,39-40H,7-17H2,(H,34,35)(H,41,42)/t22-,23+,25+,26-/m0/s1. The Morgan fingerprint density at radius 2 is 1.56 bits per heavy atom. The van der Waals surface area contributed by atoms with Crippen LogP contribution in [0.5, 0.6) is 0 Å². The van der Waals surface area contributed by atoms with Gasteiger partial charge in [-0.15, -0.1) is 0 Å². The topological polar surface area (TPSA) is 122 Å². The second-order valence-electron chi connectivity index (χ2n) is 11.5. The molecule has 5 rings (SSSR count). The first-order chi connectivity index (χ1) is 20.5. The van der Waals surface area contributed by atoms with Gasteiger partial charge >= 0.3 is 12.1 Å². The third-order valence-electron chi connectivity index (χ3n) is 8.60. The van der Waals surface area contributed by atoms with E-state index in [1.165, 1.54) is 0 Å². The molecule has 4 N–H and O–H groups in total. The average Bonchev–Trinajstić information content (AvgIpc) is 2.99. The molecule has 0 saturated carbocycles. The molecule has 1 aromatic heterocycles. The fourth-order valence-corrected chi connectivity index (χ4v) is 6.01. The first-order valence-electron chi connectivity index (χ1n) is 14.5. The van der Waals surface area contributed by atoms with Crippen LogP contribution < -0.4 is 10.2 Å². The zero-order chi connectivity index (χ0) is 30.7. The summed E-state index contributed by atoms with van der Waals surface area (Å²) in [4.78, 5) is 21.3. The first kappa shape index (κ1) is 31.4. The van der Waals surface area contributed by atoms with E-state index < -0.39 is 53.8 Å². The zero-order valence-corrected chi connectivity index (χ0v) is 23.6. The normalized spacial score (nSPS) is 26.4. The van der Waals surface area contributed by atoms with Crippen molar-refractivity contribution >= 4 is 17.5 Å². The Hall–Kier alpha value is -3.04. The predicted octanol–water partition coefficient (Wildman–Crippen LogP) is 2.37. The highest BCUT2D eigenvalue weighted by Crippen LogP contribution is 2.30. The highest BCUT2D eigenvalue weighted by molar-refractivity contribution is 5.88. The fourth-order valence-electron chi connectivity index (χ4n) is 6.01. The molecule has 0 amide bonds. The minimum atomic E-state index is -4.75. The number of aliphatic hydroxyl groups excluding tert-OH is 2. The number of nitrogens with one attached hydrogen (secondary N) is 1. The van der Waals surface area contributed by atoms with E-state index in [1.807, 2.05) is 12.1 Å². The molecule has 14 heteroatoms. The maximum absolute atomic E-state index is 14.1. The third-order valence-corrected chi connectivity index (χ3v) is 8.60. The molecule has 10 nitrogen and oxygen atoms in total. The number of aromatic nitrogens is 1. The van der Waals surface area contributed by atoms with Crippen LogP contribution in [0.3, 0.4) is 0 Å². The summed E-state index contributed by atoms with van der Waals surface area (Å²) in [7, 11) is 0. The lowest BCUT2D eigenvalue weighted by Gasteiger charge is -2.43. The van der Waals surface area contributed by atoms with Crippen LogP contribution in [0.1, 0.15) is 28.9 Å². The number of nitrogens with zero attached hydrogens (tertiary/aromatic N) is 4. The lowest BCUT2D eigenvalue weighted by Crippen LogP contribution is -2.59. The van der Waals surface area contributed by atoms with E-state index in [2.05, 4.69) is 25.0 Å². The van der Waals surface area contributed by atoms with Crippen molar-refractivity contribution in [3.63, 3.8) is 0 Å². The Morgan fingerprint density at radius 3 is 2.16 bits per heavy atom. The number of ether oxygens (including phenoxy) is 1. The van der Waals surface area contributed by atoms with Gasteiger partial charge in [-0.25, -0.2) is 14.2 Å². The molecule has 3 saturated heterocycles. The molecule has 4 atom stereocenters. The summed E-state index contributed by atoms with van der Waals surface area (Å²) in [6.07, 6.45) is -6.06. The van der Waals surface area contributed by atoms with Crippen molar-refractivity contribution in [1.82, 2.24) is 14.8 Å². The smallest absolute Gasteiger partial charge is 0.433 e. The molecule has 0 unspecified atom stereocenters. The number of benzene rings is 1. The van der Waals surface area contributed by atoms with Crippen LogP contribution in [0.25, 0.3) is 0 Å². The Labute approximate surface area is 246 Å². The van der Waals surface area contributed by atoms with Gasteiger partial charge in [0.05, 0.1) is 24.3 Å². The number of carboxylic acids is 1. The molecule has 3 fully saturated rings. The van der Waals surface area contributed by atoms with Gasteiger partial charge in [0.25, 0.3) is 0 Å². The second-order valence-corrected chi connectivity index (χ2v) is 11.5. The number of halogens is 4. The Kier molecular flexibility index (Phi) is 9.71. The van der Waals surface area contributed by atoms with Crippen molar-refractivity contribution in [3.8, 4) is 0 Å². The van der Waals surface area contributed by atoms with Crippen LogP contribution in [0, 0.1) is 11.7 Å². The van der Waals surface area contributed by atoms with Gasteiger partial charge in [-0.1, -0.05) is 0 Å². The summed E-state index contributed by atoms with van der Waals surface area (Å²) < 4.78 is 58.8. The van der Waals surface area contributed by atoms with Gasteiger partial charge in [0.1, 0.15) is 17.9 Å². The molecule has 0 bridgehead atoms. The van der Waals surface area contributed by atoms with Crippen molar-refractivity contribution in [1.29, 1.82) is 0 Å². The number of piperazine rings is 1. The molecule has 0 radical (unpaired) electrons. The van der Waals surface area contributed by atoms with Gasteiger partial charge in [-0.05, 0) is 55.2 Å². The van der Waals surface area contributed by atoms with Crippen LogP contribution >= 0.6 is 0 Å². The van der Waals surface area contributed by atoms with Crippen molar-refractivity contribution in [2.45, 2.75) is 43.4 Å². The second kappa shape index (κ2) is 13.3. The van der Waals surface area contributed by atoms with Gasteiger partial charge in [0, 0.05) is 58.0 Å². The summed E-state index contributed by atoms with van der Waals surface area (Å²) >= 11 is 0. The highest BCUT2D eigenvalue weighted by Gasteiger charge is 2.40. The van der Waals surface area contributed by atoms with Crippen molar-refractivity contribution < 1.29 is 42.4 Å². The van der Waals surface area contributed by atoms with E-state index >= 15 is 0 Å². The van der Waals surface area contributed by atoms with Crippen molar-refractivity contribution in [2.75, 3.05) is 69.2 Å². The SMILES string of the molecule is O=C(O)c1ccc(N2CCC(CN3CCN(C[C@H]4OC[C@H](Nc5nc(C(F)(F)F)ccc5F)[C@@H](O)[C@H]4O)CC3)CC2)cc1.